The molecule has 8 heteroatoms. The summed E-state index contributed by atoms with van der Waals surface area (Å²) in [5.41, 5.74) is 12.6. The van der Waals surface area contributed by atoms with E-state index in [1.807, 2.05) is 18.4 Å². The highest BCUT2D eigenvalue weighted by molar-refractivity contribution is 6.07. The fourth-order valence-electron chi connectivity index (χ4n) is 2.47. The van der Waals surface area contributed by atoms with E-state index in [4.69, 9.17) is 21.6 Å². The van der Waals surface area contributed by atoms with E-state index in [0.29, 0.717) is 35.7 Å². The first kappa shape index (κ1) is 13.5. The molecule has 0 aromatic carbocycles. The van der Waals surface area contributed by atoms with Crippen molar-refractivity contribution in [2.75, 3.05) is 12.3 Å². The van der Waals surface area contributed by atoms with Crippen LogP contribution in [-0.4, -0.2) is 32.3 Å². The van der Waals surface area contributed by atoms with Crippen molar-refractivity contribution in [1.29, 1.82) is 5.41 Å². The predicted octanol–water partition coefficient (Wildman–Crippen LogP) is 0.623. The summed E-state index contributed by atoms with van der Waals surface area (Å²) in [6, 6.07) is 0. The smallest absolute Gasteiger partial charge is 0.167 e. The van der Waals surface area contributed by atoms with E-state index in [1.165, 1.54) is 6.20 Å². The van der Waals surface area contributed by atoms with E-state index < -0.39 is 5.60 Å². The second-order valence-electron chi connectivity index (χ2n) is 5.32. The molecule has 2 aromatic rings. The number of imidazole rings is 1. The van der Waals surface area contributed by atoms with E-state index in [9.17, 15) is 0 Å². The van der Waals surface area contributed by atoms with Crippen LogP contribution in [0.2, 0.25) is 0 Å². The normalized spacial score (nSPS) is 17.7. The van der Waals surface area contributed by atoms with E-state index in [-0.39, 0.29) is 5.82 Å². The average molecular weight is 287 g/mol. The van der Waals surface area contributed by atoms with Crippen LogP contribution in [0.5, 0.6) is 0 Å². The van der Waals surface area contributed by atoms with Gasteiger partial charge in [0.25, 0.3) is 0 Å². The van der Waals surface area contributed by atoms with Crippen molar-refractivity contribution < 1.29 is 4.74 Å². The Labute approximate surface area is 121 Å². The summed E-state index contributed by atoms with van der Waals surface area (Å²) < 4.78 is 7.73. The summed E-state index contributed by atoms with van der Waals surface area (Å²) in [6.07, 6.45) is 2.38. The van der Waals surface area contributed by atoms with Gasteiger partial charge in [-0.25, -0.2) is 15.0 Å². The molecule has 8 nitrogen and oxygen atoms in total. The van der Waals surface area contributed by atoms with Crippen LogP contribution in [0, 0.1) is 5.41 Å². The fourth-order valence-corrected chi connectivity index (χ4v) is 2.47. The van der Waals surface area contributed by atoms with Gasteiger partial charge < -0.3 is 26.2 Å². The van der Waals surface area contributed by atoms with Gasteiger partial charge >= 0.3 is 0 Å². The van der Waals surface area contributed by atoms with Gasteiger partial charge in [-0.3, -0.25) is 0 Å². The molecule has 3 heterocycles. The summed E-state index contributed by atoms with van der Waals surface area (Å²) in [7, 11) is 0. The van der Waals surface area contributed by atoms with Gasteiger partial charge in [0, 0.05) is 19.0 Å². The summed E-state index contributed by atoms with van der Waals surface area (Å²) in [6.45, 7) is 5.14. The quantitative estimate of drug-likeness (QED) is 0.694. The molecule has 110 valence electrons. The summed E-state index contributed by atoms with van der Waals surface area (Å²) in [4.78, 5) is 13.2. The zero-order valence-corrected chi connectivity index (χ0v) is 11.9. The number of anilines is 1. The number of allylic oxidation sites excluding steroid dienone is 1. The van der Waals surface area contributed by atoms with Gasteiger partial charge in [-0.1, -0.05) is 0 Å². The molecule has 0 spiro atoms. The molecular weight excluding hydrogens is 270 g/mol. The minimum Gasteiger partial charge on any atom is -0.404 e. The zero-order valence-electron chi connectivity index (χ0n) is 11.9. The third kappa shape index (κ3) is 1.95. The molecule has 0 atom stereocenters. The number of nitrogens with two attached hydrogens (primary N) is 2. The standard InChI is InChI=1S/C13H17N7O/c1-13(2)12-17-8-9(16)18-10(7(5-14)6-15)19-11(8)20(12)3-4-21-13/h5-6,14H,3-4,15H2,1-2H3,(H2,16,18,19)/b7-6+,14-5?. The van der Waals surface area contributed by atoms with E-state index in [2.05, 4.69) is 15.0 Å². The van der Waals surface area contributed by atoms with Crippen LogP contribution in [0.1, 0.15) is 25.5 Å². The van der Waals surface area contributed by atoms with Crippen LogP contribution >= 0.6 is 0 Å². The first-order valence-corrected chi connectivity index (χ1v) is 6.59. The van der Waals surface area contributed by atoms with Gasteiger partial charge in [0.15, 0.2) is 22.8 Å². The topological polar surface area (TPSA) is 129 Å². The van der Waals surface area contributed by atoms with Crippen molar-refractivity contribution in [3.05, 3.63) is 17.8 Å². The summed E-state index contributed by atoms with van der Waals surface area (Å²) in [5, 5.41) is 7.35. The van der Waals surface area contributed by atoms with Crippen LogP contribution in [-0.2, 0) is 16.9 Å². The molecule has 1 aliphatic rings. The lowest BCUT2D eigenvalue weighted by Gasteiger charge is -2.30. The van der Waals surface area contributed by atoms with E-state index >= 15 is 0 Å². The van der Waals surface area contributed by atoms with Crippen LogP contribution in [0.3, 0.4) is 0 Å². The Morgan fingerprint density at radius 3 is 2.81 bits per heavy atom. The van der Waals surface area contributed by atoms with Crippen molar-refractivity contribution in [3.63, 3.8) is 0 Å². The molecule has 0 unspecified atom stereocenters. The third-order valence-electron chi connectivity index (χ3n) is 3.53. The van der Waals surface area contributed by atoms with Crippen LogP contribution < -0.4 is 11.5 Å². The molecule has 0 bridgehead atoms. The van der Waals surface area contributed by atoms with Crippen molar-refractivity contribution >= 4 is 28.8 Å². The molecule has 1 aliphatic heterocycles. The van der Waals surface area contributed by atoms with Gasteiger partial charge in [0.05, 0.1) is 12.2 Å². The largest absolute Gasteiger partial charge is 0.404 e. The minimum absolute atomic E-state index is 0.272. The maximum atomic E-state index is 7.35. The summed E-state index contributed by atoms with van der Waals surface area (Å²) in [5.74, 6) is 1.37. The van der Waals surface area contributed by atoms with Crippen LogP contribution in [0.25, 0.3) is 16.7 Å². The highest BCUT2D eigenvalue weighted by atomic mass is 16.5. The first-order chi connectivity index (χ1) is 9.97. The van der Waals surface area contributed by atoms with Gasteiger partial charge in [-0.15, -0.1) is 0 Å². The predicted molar refractivity (Wildman–Crippen MR) is 79.7 cm³/mol. The van der Waals surface area contributed by atoms with Crippen LogP contribution in [0.4, 0.5) is 5.82 Å². The number of nitrogens with one attached hydrogen (secondary N) is 1. The number of nitrogen functional groups attached to an aromatic ring is 1. The number of fused-ring (bicyclic) bond motifs is 3. The monoisotopic (exact) mass is 287 g/mol. The maximum Gasteiger partial charge on any atom is 0.167 e. The molecule has 0 aliphatic carbocycles. The Morgan fingerprint density at radius 2 is 2.14 bits per heavy atom. The number of hydrogen-bond acceptors (Lipinski definition) is 7. The highest BCUT2D eigenvalue weighted by Crippen LogP contribution is 2.32. The Balaban J connectivity index is 2.30. The Morgan fingerprint density at radius 1 is 1.38 bits per heavy atom. The maximum absolute atomic E-state index is 7.35. The number of hydrogen-bond donors (Lipinski definition) is 3. The highest BCUT2D eigenvalue weighted by Gasteiger charge is 2.33. The minimum atomic E-state index is -0.500. The number of aromatic nitrogens is 4. The van der Waals surface area contributed by atoms with E-state index in [1.54, 1.807) is 0 Å². The molecule has 0 amide bonds. The lowest BCUT2D eigenvalue weighted by molar-refractivity contribution is -0.0530. The lowest BCUT2D eigenvalue weighted by Crippen LogP contribution is -2.33. The molecule has 0 fully saturated rings. The third-order valence-corrected chi connectivity index (χ3v) is 3.53. The second-order valence-corrected chi connectivity index (χ2v) is 5.32. The van der Waals surface area contributed by atoms with Gasteiger partial charge in [-0.05, 0) is 13.8 Å². The average Bonchev–Trinajstić information content (AvgIpc) is 2.81. The van der Waals surface area contributed by atoms with Gasteiger partial charge in [-0.2, -0.15) is 0 Å². The molecule has 0 radical (unpaired) electrons. The molecule has 5 N–H and O–H groups in total. The number of ether oxygens (including phenoxy) is 1. The van der Waals surface area contributed by atoms with Crippen molar-refractivity contribution in [2.45, 2.75) is 26.0 Å². The SMILES string of the molecule is CC1(C)OCCn2c1nc1c(N)nc(/C(C=N)=C/N)nc12. The zero-order chi connectivity index (χ0) is 15.2. The van der Waals surface area contributed by atoms with Gasteiger partial charge in [0.2, 0.25) is 0 Å². The van der Waals surface area contributed by atoms with Crippen LogP contribution in [0.15, 0.2) is 6.20 Å². The van der Waals surface area contributed by atoms with Crippen molar-refractivity contribution in [2.24, 2.45) is 5.73 Å². The van der Waals surface area contributed by atoms with Gasteiger partial charge in [0.1, 0.15) is 11.4 Å². The summed E-state index contributed by atoms with van der Waals surface area (Å²) >= 11 is 0. The Bertz CT molecular complexity index is 759. The molecule has 0 saturated carbocycles. The lowest BCUT2D eigenvalue weighted by atomic mass is 10.1. The second kappa shape index (κ2) is 4.52. The van der Waals surface area contributed by atoms with E-state index in [0.717, 1.165) is 12.0 Å². The molecule has 0 saturated heterocycles. The Hall–Kier alpha value is -2.48. The first-order valence-electron chi connectivity index (χ1n) is 6.59. The molecule has 2 aromatic heterocycles. The Kier molecular flexibility index (Phi) is 2.91. The fraction of sp³-hybridized carbons (Fsp3) is 0.385. The van der Waals surface area contributed by atoms with Crippen molar-refractivity contribution in [3.8, 4) is 0 Å². The molecule has 21 heavy (non-hydrogen) atoms. The number of rotatable bonds is 2. The molecular formula is C13H17N7O. The number of nitrogens with zero attached hydrogens (tertiary/aromatic N) is 4. The molecule has 3 rings (SSSR count). The van der Waals surface area contributed by atoms with Crippen molar-refractivity contribution in [1.82, 2.24) is 19.5 Å².